The van der Waals surface area contributed by atoms with Crippen LogP contribution in [0.3, 0.4) is 0 Å². The summed E-state index contributed by atoms with van der Waals surface area (Å²) in [5, 5.41) is 19.8. The Labute approximate surface area is 111 Å². The molecule has 0 fully saturated rings. The van der Waals surface area contributed by atoms with Gasteiger partial charge in [0.05, 0.1) is 6.20 Å². The molecule has 7 heteroatoms. The predicted octanol–water partition coefficient (Wildman–Crippen LogP) is 1.86. The van der Waals surface area contributed by atoms with E-state index in [1.807, 2.05) is 27.7 Å². The van der Waals surface area contributed by atoms with E-state index in [1.165, 1.54) is 7.05 Å². The van der Waals surface area contributed by atoms with Gasteiger partial charge in [-0.2, -0.15) is 4.73 Å². The summed E-state index contributed by atoms with van der Waals surface area (Å²) >= 11 is 5.46. The molecule has 1 aromatic rings. The molecule has 0 aromatic carbocycles. The number of hydrogen-bond acceptors (Lipinski definition) is 4. The number of aromatic nitrogens is 1. The average Bonchev–Trinajstić information content (AvgIpc) is 2.40. The molecule has 18 heavy (non-hydrogen) atoms. The zero-order valence-electron chi connectivity index (χ0n) is 11.1. The standard InChI is InChI=1S/C7H7ClN2O4.2C2H6/c1-9-7(13)5-4(8)6(12)3(11)2-10(5)14;2*1-2/h2,11,14H,1H3,(H,9,13);2*1-2H3. The normalized spacial score (nSPS) is 8.33. The minimum absolute atomic E-state index is 0.290. The maximum atomic E-state index is 11.1. The van der Waals surface area contributed by atoms with Gasteiger partial charge in [-0.1, -0.05) is 39.3 Å². The minimum atomic E-state index is -0.907. The minimum Gasteiger partial charge on any atom is -0.503 e. The van der Waals surface area contributed by atoms with Crippen molar-refractivity contribution in [2.45, 2.75) is 27.7 Å². The van der Waals surface area contributed by atoms with Crippen LogP contribution < -0.4 is 10.7 Å². The molecule has 6 nitrogen and oxygen atoms in total. The number of hydrogen-bond donors (Lipinski definition) is 3. The van der Waals surface area contributed by atoms with Gasteiger partial charge in [0.1, 0.15) is 5.02 Å². The van der Waals surface area contributed by atoms with E-state index in [-0.39, 0.29) is 4.73 Å². The van der Waals surface area contributed by atoms with Crippen molar-refractivity contribution in [1.29, 1.82) is 0 Å². The smallest absolute Gasteiger partial charge is 0.272 e. The van der Waals surface area contributed by atoms with Gasteiger partial charge in [0, 0.05) is 7.05 Å². The van der Waals surface area contributed by atoms with Crippen molar-refractivity contribution in [3.05, 3.63) is 27.1 Å². The summed E-state index contributed by atoms with van der Waals surface area (Å²) in [6.45, 7) is 8.00. The third-order valence-corrected chi connectivity index (χ3v) is 1.91. The second kappa shape index (κ2) is 9.35. The summed E-state index contributed by atoms with van der Waals surface area (Å²) in [5.74, 6) is -1.46. The van der Waals surface area contributed by atoms with Crippen LogP contribution in [0.1, 0.15) is 38.2 Å². The van der Waals surface area contributed by atoms with E-state index in [2.05, 4.69) is 5.32 Å². The molecule has 1 aromatic heterocycles. The lowest BCUT2D eigenvalue weighted by atomic mass is 10.3. The van der Waals surface area contributed by atoms with E-state index in [1.54, 1.807) is 0 Å². The molecule has 0 atom stereocenters. The van der Waals surface area contributed by atoms with Crippen LogP contribution in [0.2, 0.25) is 5.02 Å². The molecule has 0 unspecified atom stereocenters. The van der Waals surface area contributed by atoms with Crippen molar-refractivity contribution >= 4 is 17.5 Å². The lowest BCUT2D eigenvalue weighted by molar-refractivity contribution is 0.0907. The van der Waals surface area contributed by atoms with Crippen LogP contribution in [-0.4, -0.2) is 28.0 Å². The fraction of sp³-hybridized carbons (Fsp3) is 0.455. The van der Waals surface area contributed by atoms with Gasteiger partial charge in [0.2, 0.25) is 5.43 Å². The van der Waals surface area contributed by atoms with Crippen molar-refractivity contribution in [2.75, 3.05) is 7.05 Å². The number of halogens is 1. The molecule has 0 aliphatic carbocycles. The lowest BCUT2D eigenvalue weighted by Crippen LogP contribution is -2.25. The summed E-state index contributed by atoms with van der Waals surface area (Å²) in [6.07, 6.45) is 0.693. The van der Waals surface area contributed by atoms with Gasteiger partial charge in [0.25, 0.3) is 5.91 Å². The largest absolute Gasteiger partial charge is 0.503 e. The molecule has 3 N–H and O–H groups in total. The number of carbonyl (C=O) groups excluding carboxylic acids is 1. The predicted molar refractivity (Wildman–Crippen MR) is 70.6 cm³/mol. The van der Waals surface area contributed by atoms with E-state index in [4.69, 9.17) is 16.7 Å². The highest BCUT2D eigenvalue weighted by atomic mass is 35.5. The number of rotatable bonds is 1. The number of pyridine rings is 1. The van der Waals surface area contributed by atoms with Crippen LogP contribution in [0.15, 0.2) is 11.0 Å². The van der Waals surface area contributed by atoms with Crippen molar-refractivity contribution in [2.24, 2.45) is 0 Å². The summed E-state index contributed by atoms with van der Waals surface area (Å²) in [4.78, 5) is 22.2. The Morgan fingerprint density at radius 3 is 2.17 bits per heavy atom. The van der Waals surface area contributed by atoms with Crippen LogP contribution in [0.25, 0.3) is 0 Å². The quantitative estimate of drug-likeness (QED) is 0.684. The Kier molecular flexibility index (Phi) is 9.70. The number of amides is 1. The number of carbonyl (C=O) groups is 1. The van der Waals surface area contributed by atoms with Gasteiger partial charge in [0.15, 0.2) is 11.4 Å². The van der Waals surface area contributed by atoms with E-state index in [0.717, 1.165) is 0 Å². The second-order valence-electron chi connectivity index (χ2n) is 2.43. The van der Waals surface area contributed by atoms with Gasteiger partial charge in [-0.25, -0.2) is 0 Å². The molecule has 1 heterocycles. The van der Waals surface area contributed by atoms with Crippen molar-refractivity contribution in [1.82, 2.24) is 10.0 Å². The average molecular weight is 279 g/mol. The maximum absolute atomic E-state index is 11.1. The maximum Gasteiger partial charge on any atom is 0.272 e. The van der Waals surface area contributed by atoms with Crippen LogP contribution in [0.5, 0.6) is 5.75 Å². The van der Waals surface area contributed by atoms with Gasteiger partial charge in [-0.15, -0.1) is 0 Å². The number of nitrogens with zero attached hydrogens (tertiary/aromatic N) is 1. The Hall–Kier alpha value is -1.69. The SMILES string of the molecule is CC.CC.CNC(=O)c1c(Cl)c(=O)c(O)cn1O. The molecular formula is C11H19ClN2O4. The highest BCUT2D eigenvalue weighted by molar-refractivity contribution is 6.33. The molecule has 1 amide bonds. The Bertz CT molecular complexity index is 443. The van der Waals surface area contributed by atoms with E-state index < -0.39 is 27.8 Å². The monoisotopic (exact) mass is 278 g/mol. The topological polar surface area (TPSA) is 91.6 Å². The Morgan fingerprint density at radius 1 is 1.33 bits per heavy atom. The first kappa shape index (κ1) is 18.7. The molecule has 0 saturated carbocycles. The lowest BCUT2D eigenvalue weighted by Gasteiger charge is -2.07. The van der Waals surface area contributed by atoms with Gasteiger partial charge >= 0.3 is 0 Å². The first-order chi connectivity index (χ1) is 8.49. The van der Waals surface area contributed by atoms with E-state index >= 15 is 0 Å². The molecule has 0 saturated heterocycles. The molecule has 0 aliphatic heterocycles. The summed E-state index contributed by atoms with van der Waals surface area (Å²) in [6, 6.07) is 0. The van der Waals surface area contributed by atoms with E-state index in [0.29, 0.717) is 6.20 Å². The van der Waals surface area contributed by atoms with Crippen molar-refractivity contribution in [3.8, 4) is 5.75 Å². The third kappa shape index (κ3) is 4.29. The highest BCUT2D eigenvalue weighted by Crippen LogP contribution is 2.14. The van der Waals surface area contributed by atoms with Crippen LogP contribution in [-0.2, 0) is 0 Å². The van der Waals surface area contributed by atoms with Crippen molar-refractivity contribution in [3.63, 3.8) is 0 Å². The number of nitrogens with one attached hydrogen (secondary N) is 1. The van der Waals surface area contributed by atoms with Crippen LogP contribution in [0, 0.1) is 0 Å². The summed E-state index contributed by atoms with van der Waals surface area (Å²) in [5.41, 5.74) is -1.33. The Balaban J connectivity index is 0. The first-order valence-corrected chi connectivity index (χ1v) is 5.92. The molecule has 0 aliphatic rings. The zero-order chi connectivity index (χ0) is 14.9. The third-order valence-electron chi connectivity index (χ3n) is 1.56. The van der Waals surface area contributed by atoms with Crippen LogP contribution in [0.4, 0.5) is 0 Å². The van der Waals surface area contributed by atoms with Gasteiger partial charge in [-0.05, 0) is 0 Å². The zero-order valence-corrected chi connectivity index (χ0v) is 11.9. The van der Waals surface area contributed by atoms with Gasteiger partial charge in [-0.3, -0.25) is 9.59 Å². The summed E-state index contributed by atoms with van der Waals surface area (Å²) in [7, 11) is 1.32. The van der Waals surface area contributed by atoms with Crippen molar-refractivity contribution < 1.29 is 15.1 Å². The van der Waals surface area contributed by atoms with Gasteiger partial charge < -0.3 is 15.6 Å². The number of aromatic hydroxyl groups is 1. The molecule has 0 radical (unpaired) electrons. The molecule has 1 rings (SSSR count). The molecule has 0 spiro atoms. The van der Waals surface area contributed by atoms with Crippen LogP contribution >= 0.6 is 11.6 Å². The van der Waals surface area contributed by atoms with E-state index in [9.17, 15) is 14.8 Å². The fourth-order valence-electron chi connectivity index (χ4n) is 0.882. The molecular weight excluding hydrogens is 260 g/mol. The molecule has 104 valence electrons. The highest BCUT2D eigenvalue weighted by Gasteiger charge is 2.18. The summed E-state index contributed by atoms with van der Waals surface area (Å²) < 4.78 is 0.290. The fourth-order valence-corrected chi connectivity index (χ4v) is 1.15. The first-order valence-electron chi connectivity index (χ1n) is 5.54. The molecule has 0 bridgehead atoms. The Morgan fingerprint density at radius 2 is 1.78 bits per heavy atom. The second-order valence-corrected chi connectivity index (χ2v) is 2.81.